The van der Waals surface area contributed by atoms with E-state index in [0.717, 1.165) is 22.2 Å². The minimum Gasteiger partial charge on any atom is -0.248 e. The van der Waals surface area contributed by atoms with Crippen molar-refractivity contribution in [3.8, 4) is 11.3 Å². The van der Waals surface area contributed by atoms with Crippen LogP contribution in [0.5, 0.6) is 0 Å². The molecule has 3 rings (SSSR count). The van der Waals surface area contributed by atoms with Crippen LogP contribution in [0.15, 0.2) is 54.7 Å². The molecule has 2 heterocycles. The van der Waals surface area contributed by atoms with Crippen molar-refractivity contribution in [1.29, 1.82) is 0 Å². The Morgan fingerprint density at radius 3 is 2.59 bits per heavy atom. The maximum Gasteiger partial charge on any atom is 0.212 e. The number of hydrogen-bond acceptors (Lipinski definition) is 2. The van der Waals surface area contributed by atoms with E-state index in [9.17, 15) is 4.39 Å². The summed E-state index contributed by atoms with van der Waals surface area (Å²) in [5, 5.41) is 1.09. The number of halogens is 1. The SMILES string of the molecule is Fc1ccc(-c2ccc3ccccc3n2)cn1. The molecule has 82 valence electrons. The quantitative estimate of drug-likeness (QED) is 0.592. The Kier molecular flexibility index (Phi) is 2.29. The number of benzene rings is 1. The first-order chi connectivity index (χ1) is 8.33. The molecule has 17 heavy (non-hydrogen) atoms. The fourth-order valence-corrected chi connectivity index (χ4v) is 1.75. The lowest BCUT2D eigenvalue weighted by Crippen LogP contribution is -1.87. The second-order valence-electron chi connectivity index (χ2n) is 3.76. The van der Waals surface area contributed by atoms with Gasteiger partial charge < -0.3 is 0 Å². The molecule has 2 aromatic heterocycles. The number of nitrogens with zero attached hydrogens (tertiary/aromatic N) is 2. The molecule has 3 heteroatoms. The highest BCUT2D eigenvalue weighted by Crippen LogP contribution is 2.20. The smallest absolute Gasteiger partial charge is 0.212 e. The molecule has 0 aliphatic heterocycles. The standard InChI is InChI=1S/C14H9FN2/c15-14-8-6-11(9-16-14)13-7-5-10-3-1-2-4-12(10)17-13/h1-9H. The van der Waals surface area contributed by atoms with Gasteiger partial charge in [0.1, 0.15) is 0 Å². The van der Waals surface area contributed by atoms with Crippen LogP contribution >= 0.6 is 0 Å². The lowest BCUT2D eigenvalue weighted by atomic mass is 10.1. The van der Waals surface area contributed by atoms with Gasteiger partial charge >= 0.3 is 0 Å². The molecular formula is C14H9FN2. The summed E-state index contributed by atoms with van der Waals surface area (Å²) in [7, 11) is 0. The van der Waals surface area contributed by atoms with Gasteiger partial charge in [-0.2, -0.15) is 4.39 Å². The van der Waals surface area contributed by atoms with Crippen molar-refractivity contribution >= 4 is 10.9 Å². The summed E-state index contributed by atoms with van der Waals surface area (Å²) in [6, 6.07) is 14.8. The molecule has 3 aromatic rings. The van der Waals surface area contributed by atoms with Gasteiger partial charge in [-0.05, 0) is 24.3 Å². The number of rotatable bonds is 1. The van der Waals surface area contributed by atoms with Crippen molar-refractivity contribution < 1.29 is 4.39 Å². The minimum atomic E-state index is -0.477. The van der Waals surface area contributed by atoms with Crippen LogP contribution in [0.1, 0.15) is 0 Å². The molecule has 0 spiro atoms. The highest BCUT2D eigenvalue weighted by atomic mass is 19.1. The van der Waals surface area contributed by atoms with Gasteiger partial charge in [-0.25, -0.2) is 9.97 Å². The van der Waals surface area contributed by atoms with E-state index in [2.05, 4.69) is 9.97 Å². The van der Waals surface area contributed by atoms with Crippen molar-refractivity contribution in [3.05, 3.63) is 60.7 Å². The molecule has 0 fully saturated rings. The van der Waals surface area contributed by atoms with E-state index in [-0.39, 0.29) is 0 Å². The van der Waals surface area contributed by atoms with Crippen LogP contribution in [0, 0.1) is 5.95 Å². The normalized spacial score (nSPS) is 10.6. The molecule has 1 aromatic carbocycles. The number of fused-ring (bicyclic) bond motifs is 1. The average Bonchev–Trinajstić information content (AvgIpc) is 2.39. The van der Waals surface area contributed by atoms with E-state index in [1.165, 1.54) is 12.3 Å². The first kappa shape index (κ1) is 9.90. The molecule has 0 atom stereocenters. The third kappa shape index (κ3) is 1.87. The van der Waals surface area contributed by atoms with Crippen LogP contribution < -0.4 is 0 Å². The molecule has 0 radical (unpaired) electrons. The lowest BCUT2D eigenvalue weighted by Gasteiger charge is -2.02. The van der Waals surface area contributed by atoms with Crippen LogP contribution in [0.4, 0.5) is 4.39 Å². The summed E-state index contributed by atoms with van der Waals surface area (Å²) < 4.78 is 12.7. The van der Waals surface area contributed by atoms with Crippen LogP contribution in [0.2, 0.25) is 0 Å². The summed E-state index contributed by atoms with van der Waals surface area (Å²) in [5.74, 6) is -0.477. The van der Waals surface area contributed by atoms with Crippen molar-refractivity contribution in [1.82, 2.24) is 9.97 Å². The summed E-state index contributed by atoms with van der Waals surface area (Å²) in [5.41, 5.74) is 2.54. The lowest BCUT2D eigenvalue weighted by molar-refractivity contribution is 0.584. The first-order valence-corrected chi connectivity index (χ1v) is 5.31. The topological polar surface area (TPSA) is 25.8 Å². The Labute approximate surface area is 97.8 Å². The predicted octanol–water partition coefficient (Wildman–Crippen LogP) is 3.44. The van der Waals surface area contributed by atoms with E-state index < -0.39 is 5.95 Å². The van der Waals surface area contributed by atoms with Gasteiger partial charge in [-0.1, -0.05) is 24.3 Å². The van der Waals surface area contributed by atoms with Crippen LogP contribution in [-0.2, 0) is 0 Å². The molecule has 0 amide bonds. The van der Waals surface area contributed by atoms with E-state index in [0.29, 0.717) is 0 Å². The van der Waals surface area contributed by atoms with E-state index in [1.807, 2.05) is 36.4 Å². The molecule has 0 aliphatic carbocycles. The van der Waals surface area contributed by atoms with Crippen molar-refractivity contribution in [2.45, 2.75) is 0 Å². The zero-order valence-corrected chi connectivity index (χ0v) is 8.97. The van der Waals surface area contributed by atoms with Gasteiger partial charge in [0.05, 0.1) is 11.2 Å². The first-order valence-electron chi connectivity index (χ1n) is 5.31. The third-order valence-electron chi connectivity index (χ3n) is 2.62. The number of para-hydroxylation sites is 1. The molecular weight excluding hydrogens is 215 g/mol. The van der Waals surface area contributed by atoms with Gasteiger partial charge in [0.25, 0.3) is 0 Å². The van der Waals surface area contributed by atoms with Crippen LogP contribution in [0.3, 0.4) is 0 Å². The van der Waals surface area contributed by atoms with Gasteiger partial charge in [0, 0.05) is 17.1 Å². The molecule has 0 saturated carbocycles. The maximum absolute atomic E-state index is 12.7. The Balaban J connectivity index is 2.14. The van der Waals surface area contributed by atoms with Crippen LogP contribution in [0.25, 0.3) is 22.2 Å². The summed E-state index contributed by atoms with van der Waals surface area (Å²) in [6.07, 6.45) is 1.49. The fraction of sp³-hybridized carbons (Fsp3) is 0. The summed E-state index contributed by atoms with van der Waals surface area (Å²) in [4.78, 5) is 8.14. The minimum absolute atomic E-state index is 0.477. The van der Waals surface area contributed by atoms with Crippen molar-refractivity contribution in [2.24, 2.45) is 0 Å². The molecule has 0 N–H and O–H groups in total. The second-order valence-corrected chi connectivity index (χ2v) is 3.76. The van der Waals surface area contributed by atoms with E-state index in [4.69, 9.17) is 0 Å². The average molecular weight is 224 g/mol. The van der Waals surface area contributed by atoms with Crippen molar-refractivity contribution in [3.63, 3.8) is 0 Å². The van der Waals surface area contributed by atoms with Gasteiger partial charge in [0.15, 0.2) is 0 Å². The Bertz CT molecular complexity index is 662. The molecule has 0 aliphatic rings. The Hall–Kier alpha value is -2.29. The number of aromatic nitrogens is 2. The number of pyridine rings is 2. The van der Waals surface area contributed by atoms with E-state index in [1.54, 1.807) is 6.07 Å². The summed E-state index contributed by atoms with van der Waals surface area (Å²) in [6.45, 7) is 0. The van der Waals surface area contributed by atoms with Crippen molar-refractivity contribution in [2.75, 3.05) is 0 Å². The zero-order chi connectivity index (χ0) is 11.7. The molecule has 0 unspecified atom stereocenters. The Morgan fingerprint density at radius 1 is 0.882 bits per heavy atom. The largest absolute Gasteiger partial charge is 0.248 e. The molecule has 0 bridgehead atoms. The zero-order valence-electron chi connectivity index (χ0n) is 8.97. The highest BCUT2D eigenvalue weighted by molar-refractivity contribution is 5.81. The highest BCUT2D eigenvalue weighted by Gasteiger charge is 2.01. The number of hydrogen-bond donors (Lipinski definition) is 0. The maximum atomic E-state index is 12.7. The third-order valence-corrected chi connectivity index (χ3v) is 2.62. The molecule has 0 saturated heterocycles. The fourth-order valence-electron chi connectivity index (χ4n) is 1.75. The monoisotopic (exact) mass is 224 g/mol. The predicted molar refractivity (Wildman–Crippen MR) is 64.9 cm³/mol. The second kappa shape index (κ2) is 3.94. The van der Waals surface area contributed by atoms with E-state index >= 15 is 0 Å². The molecule has 2 nitrogen and oxygen atoms in total. The van der Waals surface area contributed by atoms with Crippen LogP contribution in [-0.4, -0.2) is 9.97 Å². The van der Waals surface area contributed by atoms with Gasteiger partial charge in [-0.15, -0.1) is 0 Å². The van der Waals surface area contributed by atoms with Gasteiger partial charge in [0.2, 0.25) is 5.95 Å². The van der Waals surface area contributed by atoms with Gasteiger partial charge in [-0.3, -0.25) is 0 Å². The Morgan fingerprint density at radius 2 is 1.76 bits per heavy atom. The summed E-state index contributed by atoms with van der Waals surface area (Å²) >= 11 is 0.